The van der Waals surface area contributed by atoms with Crippen LogP contribution in [0.5, 0.6) is 11.5 Å². The molecular weight excluding hydrogens is 410 g/mol. The molecule has 0 aromatic heterocycles. The number of likely N-dealkylation sites (tertiary alicyclic amines) is 1. The molecule has 0 bridgehead atoms. The van der Waals surface area contributed by atoms with Crippen molar-refractivity contribution in [3.8, 4) is 11.5 Å². The number of carbonyl (C=O) groups excluding carboxylic acids is 3. The molecule has 1 heterocycles. The molecule has 1 fully saturated rings. The summed E-state index contributed by atoms with van der Waals surface area (Å²) >= 11 is 0. The van der Waals surface area contributed by atoms with Crippen molar-refractivity contribution in [2.24, 2.45) is 0 Å². The fourth-order valence-corrected chi connectivity index (χ4v) is 3.70. The van der Waals surface area contributed by atoms with Gasteiger partial charge in [0.15, 0.2) is 0 Å². The maximum absolute atomic E-state index is 12.9. The summed E-state index contributed by atoms with van der Waals surface area (Å²) in [6.07, 6.45) is 0.653. The van der Waals surface area contributed by atoms with Crippen LogP contribution in [0.4, 0.5) is 0 Å². The Morgan fingerprint density at radius 2 is 1.62 bits per heavy atom. The maximum Gasteiger partial charge on any atom is 0.308 e. The lowest BCUT2D eigenvalue weighted by molar-refractivity contribution is -0.139. The Bertz CT molecular complexity index is 1040. The van der Waals surface area contributed by atoms with Gasteiger partial charge in [-0.05, 0) is 62.2 Å². The summed E-state index contributed by atoms with van der Waals surface area (Å²) < 4.78 is 10.7. The molecule has 1 saturated heterocycles. The summed E-state index contributed by atoms with van der Waals surface area (Å²) in [5, 5.41) is 11.0. The first-order valence-corrected chi connectivity index (χ1v) is 10.6. The molecule has 7 nitrogen and oxygen atoms in total. The third-order valence-corrected chi connectivity index (χ3v) is 4.96. The molecule has 1 aliphatic heterocycles. The number of ketones is 1. The average molecular weight is 437 g/mol. The number of rotatable bonds is 7. The Hall–Kier alpha value is -3.61. The molecular formula is C25H27NO6. The van der Waals surface area contributed by atoms with Crippen molar-refractivity contribution in [1.82, 2.24) is 4.90 Å². The normalized spacial score (nSPS) is 17.7. The summed E-state index contributed by atoms with van der Waals surface area (Å²) in [5.74, 6) is -1.07. The first-order chi connectivity index (χ1) is 15.2. The van der Waals surface area contributed by atoms with Crippen LogP contribution in [0.3, 0.4) is 0 Å². The van der Waals surface area contributed by atoms with Gasteiger partial charge in [0.2, 0.25) is 0 Å². The van der Waals surface area contributed by atoms with Crippen molar-refractivity contribution < 1.29 is 29.0 Å². The van der Waals surface area contributed by atoms with Gasteiger partial charge in [-0.3, -0.25) is 14.4 Å². The number of hydrogen-bond donors (Lipinski definition) is 1. The highest BCUT2D eigenvalue weighted by Crippen LogP contribution is 2.40. The van der Waals surface area contributed by atoms with Crippen molar-refractivity contribution >= 4 is 23.4 Å². The highest BCUT2D eigenvalue weighted by Gasteiger charge is 2.45. The van der Waals surface area contributed by atoms with E-state index in [9.17, 15) is 19.5 Å². The van der Waals surface area contributed by atoms with Crippen LogP contribution in [0.1, 0.15) is 51.3 Å². The van der Waals surface area contributed by atoms with Crippen LogP contribution in [0.25, 0.3) is 5.76 Å². The Kier molecular flexibility index (Phi) is 6.98. The van der Waals surface area contributed by atoms with E-state index in [2.05, 4.69) is 0 Å². The topological polar surface area (TPSA) is 93.1 Å². The fourth-order valence-electron chi connectivity index (χ4n) is 3.70. The zero-order valence-electron chi connectivity index (χ0n) is 18.6. The van der Waals surface area contributed by atoms with Gasteiger partial charge in [0, 0.05) is 19.0 Å². The van der Waals surface area contributed by atoms with Crippen molar-refractivity contribution in [3.05, 3.63) is 65.2 Å². The Morgan fingerprint density at radius 3 is 2.16 bits per heavy atom. The number of ether oxygens (including phenoxy) is 2. The van der Waals surface area contributed by atoms with Gasteiger partial charge in [-0.2, -0.15) is 0 Å². The SMILES string of the molecule is CCCN1C(=O)C(=O)/C(=C(\O)c2ccc(OC(C)C)cc2)C1c1ccc(OC(C)=O)cc1. The Morgan fingerprint density at radius 1 is 1.03 bits per heavy atom. The third-order valence-electron chi connectivity index (χ3n) is 4.96. The van der Waals surface area contributed by atoms with Crippen LogP contribution < -0.4 is 9.47 Å². The van der Waals surface area contributed by atoms with E-state index in [1.54, 1.807) is 48.5 Å². The van der Waals surface area contributed by atoms with E-state index in [0.29, 0.717) is 35.6 Å². The molecule has 32 heavy (non-hydrogen) atoms. The molecule has 1 unspecified atom stereocenters. The molecule has 1 aliphatic rings. The van der Waals surface area contributed by atoms with E-state index in [1.807, 2.05) is 20.8 Å². The molecule has 1 atom stereocenters. The predicted molar refractivity (Wildman–Crippen MR) is 119 cm³/mol. The van der Waals surface area contributed by atoms with Crippen LogP contribution in [0.2, 0.25) is 0 Å². The predicted octanol–water partition coefficient (Wildman–Crippen LogP) is 4.23. The smallest absolute Gasteiger partial charge is 0.308 e. The number of Topliss-reactive ketones (excluding diaryl/α,β-unsaturated/α-hetero) is 1. The van der Waals surface area contributed by atoms with Crippen LogP contribution >= 0.6 is 0 Å². The van der Waals surface area contributed by atoms with E-state index in [0.717, 1.165) is 0 Å². The van der Waals surface area contributed by atoms with Crippen LogP contribution in [0.15, 0.2) is 54.1 Å². The lowest BCUT2D eigenvalue weighted by atomic mass is 9.95. The molecule has 1 amide bonds. The molecule has 2 aromatic carbocycles. The van der Waals surface area contributed by atoms with Gasteiger partial charge in [-0.1, -0.05) is 19.1 Å². The summed E-state index contributed by atoms with van der Waals surface area (Å²) in [6.45, 7) is 7.40. The number of aliphatic hydroxyl groups is 1. The number of hydrogen-bond acceptors (Lipinski definition) is 6. The van der Waals surface area contributed by atoms with E-state index >= 15 is 0 Å². The zero-order chi connectivity index (χ0) is 23.4. The van der Waals surface area contributed by atoms with Gasteiger partial charge in [0.05, 0.1) is 17.7 Å². The van der Waals surface area contributed by atoms with Crippen LogP contribution in [-0.4, -0.2) is 40.3 Å². The molecule has 0 spiro atoms. The fraction of sp³-hybridized carbons (Fsp3) is 0.320. The zero-order valence-corrected chi connectivity index (χ0v) is 18.6. The molecule has 0 radical (unpaired) electrons. The lowest BCUT2D eigenvalue weighted by Gasteiger charge is -2.25. The van der Waals surface area contributed by atoms with Gasteiger partial charge in [-0.25, -0.2) is 0 Å². The van der Waals surface area contributed by atoms with E-state index in [4.69, 9.17) is 9.47 Å². The summed E-state index contributed by atoms with van der Waals surface area (Å²) in [5.41, 5.74) is 1.08. The number of nitrogens with zero attached hydrogens (tertiary/aromatic N) is 1. The van der Waals surface area contributed by atoms with Crippen molar-refractivity contribution in [2.75, 3.05) is 6.54 Å². The average Bonchev–Trinajstić information content (AvgIpc) is 2.99. The van der Waals surface area contributed by atoms with E-state index < -0.39 is 23.7 Å². The first kappa shape index (κ1) is 23.1. The van der Waals surface area contributed by atoms with Gasteiger partial charge in [0.1, 0.15) is 17.3 Å². The van der Waals surface area contributed by atoms with E-state index in [-0.39, 0.29) is 17.4 Å². The molecule has 168 valence electrons. The summed E-state index contributed by atoms with van der Waals surface area (Å²) in [7, 11) is 0. The Balaban J connectivity index is 2.05. The van der Waals surface area contributed by atoms with Gasteiger partial charge < -0.3 is 19.5 Å². The minimum absolute atomic E-state index is 0.00349. The Labute approximate surface area is 187 Å². The van der Waals surface area contributed by atoms with Crippen LogP contribution in [0, 0.1) is 0 Å². The monoisotopic (exact) mass is 437 g/mol. The largest absolute Gasteiger partial charge is 0.507 e. The number of carbonyl (C=O) groups is 3. The van der Waals surface area contributed by atoms with Gasteiger partial charge >= 0.3 is 5.97 Å². The van der Waals surface area contributed by atoms with Crippen molar-refractivity contribution in [2.45, 2.75) is 46.3 Å². The molecule has 7 heteroatoms. The number of benzene rings is 2. The summed E-state index contributed by atoms with van der Waals surface area (Å²) in [6, 6.07) is 12.5. The quantitative estimate of drug-likeness (QED) is 0.229. The number of amides is 1. The standard InChI is InChI=1S/C25H27NO6/c1-5-14-26-22(17-6-10-20(11-7-17)32-16(4)27)21(24(29)25(26)30)23(28)18-8-12-19(13-9-18)31-15(2)3/h6-13,15,22,28H,5,14H2,1-4H3/b23-21-. The van der Waals surface area contributed by atoms with Crippen molar-refractivity contribution in [3.63, 3.8) is 0 Å². The second-order valence-electron chi connectivity index (χ2n) is 7.85. The molecule has 2 aromatic rings. The van der Waals surface area contributed by atoms with E-state index in [1.165, 1.54) is 11.8 Å². The summed E-state index contributed by atoms with van der Waals surface area (Å²) in [4.78, 5) is 38.3. The second kappa shape index (κ2) is 9.68. The first-order valence-electron chi connectivity index (χ1n) is 10.6. The number of esters is 1. The minimum atomic E-state index is -0.743. The highest BCUT2D eigenvalue weighted by molar-refractivity contribution is 6.46. The second-order valence-corrected chi connectivity index (χ2v) is 7.85. The van der Waals surface area contributed by atoms with Crippen molar-refractivity contribution in [1.29, 1.82) is 0 Å². The molecule has 1 N–H and O–H groups in total. The minimum Gasteiger partial charge on any atom is -0.507 e. The lowest BCUT2D eigenvalue weighted by Crippen LogP contribution is -2.30. The maximum atomic E-state index is 12.9. The van der Waals surface area contributed by atoms with Gasteiger partial charge in [0.25, 0.3) is 11.7 Å². The molecule has 0 saturated carbocycles. The molecule has 3 rings (SSSR count). The third kappa shape index (κ3) is 4.82. The molecule has 0 aliphatic carbocycles. The highest BCUT2D eigenvalue weighted by atomic mass is 16.5. The van der Waals surface area contributed by atoms with Gasteiger partial charge in [-0.15, -0.1) is 0 Å². The van der Waals surface area contributed by atoms with Crippen LogP contribution in [-0.2, 0) is 14.4 Å². The number of aliphatic hydroxyl groups excluding tert-OH is 1.